The molecule has 4 aromatic rings. The van der Waals surface area contributed by atoms with Crippen LogP contribution in [0.15, 0.2) is 66.0 Å². The van der Waals surface area contributed by atoms with Crippen LogP contribution in [0.2, 0.25) is 0 Å². The second-order valence-electron chi connectivity index (χ2n) is 9.97. The predicted octanol–water partition coefficient (Wildman–Crippen LogP) is 3.89. The van der Waals surface area contributed by atoms with Crippen LogP contribution in [-0.4, -0.2) is 75.9 Å². The van der Waals surface area contributed by atoms with E-state index in [1.807, 2.05) is 53.7 Å². The molecule has 39 heavy (non-hydrogen) atoms. The number of anilines is 2. The number of hydrazone groups is 1. The van der Waals surface area contributed by atoms with Crippen molar-refractivity contribution in [2.75, 3.05) is 49.7 Å². The molecule has 2 aliphatic heterocycles. The van der Waals surface area contributed by atoms with Crippen molar-refractivity contribution in [3.8, 4) is 0 Å². The number of fused-ring (bicyclic) bond motifs is 1. The Morgan fingerprint density at radius 2 is 1.82 bits per heavy atom. The number of ether oxygens (including phenoxy) is 1. The van der Waals surface area contributed by atoms with E-state index >= 15 is 0 Å². The van der Waals surface area contributed by atoms with Crippen molar-refractivity contribution in [3.63, 3.8) is 0 Å². The number of amides is 1. The minimum Gasteiger partial charge on any atom is -0.378 e. The van der Waals surface area contributed by atoms with E-state index in [0.717, 1.165) is 42.7 Å². The first-order chi connectivity index (χ1) is 19.2. The van der Waals surface area contributed by atoms with Gasteiger partial charge in [-0.2, -0.15) is 15.1 Å². The molecule has 0 atom stereocenters. The van der Waals surface area contributed by atoms with E-state index in [9.17, 15) is 4.79 Å². The number of piperidine rings is 1. The maximum absolute atomic E-state index is 12.9. The normalized spacial score (nSPS) is 16.7. The van der Waals surface area contributed by atoms with Crippen molar-refractivity contribution in [1.29, 1.82) is 0 Å². The Hall–Kier alpha value is -4.31. The fourth-order valence-corrected chi connectivity index (χ4v) is 5.18. The number of aryl methyl sites for hydroxylation is 1. The number of nitrogens with one attached hydrogen (secondary N) is 1. The van der Waals surface area contributed by atoms with Gasteiger partial charge in [-0.25, -0.2) is 4.98 Å². The zero-order valence-electron chi connectivity index (χ0n) is 22.0. The van der Waals surface area contributed by atoms with Gasteiger partial charge in [0.2, 0.25) is 5.95 Å². The van der Waals surface area contributed by atoms with E-state index in [4.69, 9.17) is 19.7 Å². The maximum atomic E-state index is 12.9. The molecule has 0 unspecified atom stereocenters. The Morgan fingerprint density at radius 1 is 1.03 bits per heavy atom. The van der Waals surface area contributed by atoms with Gasteiger partial charge in [-0.05, 0) is 37.5 Å². The van der Waals surface area contributed by atoms with Gasteiger partial charge in [0, 0.05) is 37.8 Å². The first-order valence-corrected chi connectivity index (χ1v) is 13.4. The van der Waals surface area contributed by atoms with Gasteiger partial charge in [0.15, 0.2) is 17.0 Å². The second-order valence-corrected chi connectivity index (χ2v) is 9.97. The second kappa shape index (κ2) is 11.2. The molecular formula is C29H32N8O2. The highest BCUT2D eigenvalue weighted by atomic mass is 16.5. The third-order valence-corrected chi connectivity index (χ3v) is 7.30. The molecule has 10 nitrogen and oxygen atoms in total. The zero-order valence-corrected chi connectivity index (χ0v) is 22.0. The summed E-state index contributed by atoms with van der Waals surface area (Å²) in [5, 5.41) is 4.47. The van der Waals surface area contributed by atoms with Crippen molar-refractivity contribution < 1.29 is 9.53 Å². The summed E-state index contributed by atoms with van der Waals surface area (Å²) in [6.45, 7) is 6.17. The standard InChI is InChI=1S/C29H32N8O2/c1-21-6-5-7-22(18-21)19-31-34-26-25-27(33-29(32-26)36-14-16-39-17-15-36)37(20-30-25)24-10-12-35(13-11-24)28(38)23-8-3-2-4-9-23/h2-9,18-20,24H,10-17H2,1H3,(H,32,33,34)/b31-19+. The number of rotatable bonds is 6. The van der Waals surface area contributed by atoms with Crippen LogP contribution in [-0.2, 0) is 4.74 Å². The summed E-state index contributed by atoms with van der Waals surface area (Å²) in [6.07, 6.45) is 5.29. The average Bonchev–Trinajstić information content (AvgIpc) is 3.42. The van der Waals surface area contributed by atoms with Gasteiger partial charge in [-0.15, -0.1) is 0 Å². The molecule has 4 heterocycles. The Labute approximate surface area is 227 Å². The van der Waals surface area contributed by atoms with Crippen LogP contribution in [0.25, 0.3) is 11.2 Å². The fraction of sp³-hybridized carbons (Fsp3) is 0.345. The SMILES string of the molecule is Cc1cccc(/C=N/Nc2nc(N3CCOCC3)nc3c2ncn3C2CCN(C(=O)c3ccccc3)CC2)c1. The Kier molecular flexibility index (Phi) is 7.18. The van der Waals surface area contributed by atoms with Crippen LogP contribution >= 0.6 is 0 Å². The molecule has 10 heteroatoms. The van der Waals surface area contributed by atoms with Crippen molar-refractivity contribution in [1.82, 2.24) is 24.4 Å². The van der Waals surface area contributed by atoms with Crippen LogP contribution in [0.3, 0.4) is 0 Å². The minimum atomic E-state index is 0.0828. The van der Waals surface area contributed by atoms with Gasteiger partial charge >= 0.3 is 0 Å². The molecule has 2 aromatic heterocycles. The molecule has 0 aliphatic carbocycles. The Morgan fingerprint density at radius 3 is 2.59 bits per heavy atom. The van der Waals surface area contributed by atoms with E-state index in [1.165, 1.54) is 5.56 Å². The molecule has 200 valence electrons. The third kappa shape index (κ3) is 5.46. The molecule has 2 aliphatic rings. The smallest absolute Gasteiger partial charge is 0.253 e. The van der Waals surface area contributed by atoms with E-state index in [0.29, 0.717) is 43.6 Å². The molecular weight excluding hydrogens is 492 g/mol. The van der Waals surface area contributed by atoms with Crippen LogP contribution < -0.4 is 10.3 Å². The number of aromatic nitrogens is 4. The lowest BCUT2D eigenvalue weighted by Crippen LogP contribution is -2.39. The summed E-state index contributed by atoms with van der Waals surface area (Å²) in [5.41, 5.74) is 7.48. The number of likely N-dealkylation sites (tertiary alicyclic amines) is 1. The number of hydrogen-bond acceptors (Lipinski definition) is 8. The van der Waals surface area contributed by atoms with Gasteiger partial charge in [-0.3, -0.25) is 10.2 Å². The lowest BCUT2D eigenvalue weighted by atomic mass is 10.0. The Bertz CT molecular complexity index is 1470. The summed E-state index contributed by atoms with van der Waals surface area (Å²) in [7, 11) is 0. The molecule has 0 saturated carbocycles. The largest absolute Gasteiger partial charge is 0.378 e. The van der Waals surface area contributed by atoms with Crippen LogP contribution in [0.5, 0.6) is 0 Å². The summed E-state index contributed by atoms with van der Waals surface area (Å²) < 4.78 is 7.68. The highest BCUT2D eigenvalue weighted by molar-refractivity contribution is 5.94. The zero-order chi connectivity index (χ0) is 26.6. The summed E-state index contributed by atoms with van der Waals surface area (Å²) in [6, 6.07) is 17.8. The quantitative estimate of drug-likeness (QED) is 0.302. The van der Waals surface area contributed by atoms with E-state index in [1.54, 1.807) is 6.21 Å². The van der Waals surface area contributed by atoms with Crippen molar-refractivity contribution in [3.05, 3.63) is 77.6 Å². The maximum Gasteiger partial charge on any atom is 0.253 e. The van der Waals surface area contributed by atoms with E-state index < -0.39 is 0 Å². The first kappa shape index (κ1) is 25.0. The van der Waals surface area contributed by atoms with Crippen LogP contribution in [0.1, 0.15) is 40.4 Å². The summed E-state index contributed by atoms with van der Waals surface area (Å²) >= 11 is 0. The molecule has 1 amide bonds. The molecule has 6 rings (SSSR count). The molecule has 0 spiro atoms. The topological polar surface area (TPSA) is 101 Å². The van der Waals surface area contributed by atoms with E-state index in [-0.39, 0.29) is 11.9 Å². The first-order valence-electron chi connectivity index (χ1n) is 13.4. The lowest BCUT2D eigenvalue weighted by Gasteiger charge is -2.33. The molecule has 0 bridgehead atoms. The van der Waals surface area contributed by atoms with Gasteiger partial charge in [0.05, 0.1) is 25.8 Å². The van der Waals surface area contributed by atoms with Gasteiger partial charge in [0.25, 0.3) is 5.91 Å². The van der Waals surface area contributed by atoms with Gasteiger partial charge in [-0.1, -0.05) is 48.0 Å². The van der Waals surface area contributed by atoms with E-state index in [2.05, 4.69) is 39.1 Å². The summed E-state index contributed by atoms with van der Waals surface area (Å²) in [4.78, 5) is 31.5. The van der Waals surface area contributed by atoms with Gasteiger partial charge in [0.1, 0.15) is 0 Å². The van der Waals surface area contributed by atoms with Crippen molar-refractivity contribution >= 4 is 35.1 Å². The van der Waals surface area contributed by atoms with Crippen molar-refractivity contribution in [2.24, 2.45) is 5.10 Å². The average molecular weight is 525 g/mol. The molecule has 1 N–H and O–H groups in total. The number of benzene rings is 2. The monoisotopic (exact) mass is 524 g/mol. The molecule has 2 fully saturated rings. The highest BCUT2D eigenvalue weighted by Crippen LogP contribution is 2.30. The lowest BCUT2D eigenvalue weighted by molar-refractivity contribution is 0.0696. The summed E-state index contributed by atoms with van der Waals surface area (Å²) in [5.74, 6) is 1.29. The highest BCUT2D eigenvalue weighted by Gasteiger charge is 2.27. The van der Waals surface area contributed by atoms with Crippen LogP contribution in [0.4, 0.5) is 11.8 Å². The van der Waals surface area contributed by atoms with Gasteiger partial charge < -0.3 is 19.1 Å². The number of hydrogen-bond donors (Lipinski definition) is 1. The minimum absolute atomic E-state index is 0.0828. The third-order valence-electron chi connectivity index (χ3n) is 7.30. The number of nitrogens with zero attached hydrogens (tertiary/aromatic N) is 7. The number of carbonyl (C=O) groups excluding carboxylic acids is 1. The molecule has 2 aromatic carbocycles. The molecule has 0 radical (unpaired) electrons. The fourth-order valence-electron chi connectivity index (χ4n) is 5.18. The predicted molar refractivity (Wildman–Crippen MR) is 151 cm³/mol. The molecule has 2 saturated heterocycles. The number of imidazole rings is 1. The number of morpholine rings is 1. The number of carbonyl (C=O) groups is 1. The Balaban J connectivity index is 1.26. The van der Waals surface area contributed by atoms with Crippen LogP contribution in [0, 0.1) is 6.92 Å². The van der Waals surface area contributed by atoms with Crippen molar-refractivity contribution in [2.45, 2.75) is 25.8 Å².